The number of piperidine rings is 1. The van der Waals surface area contributed by atoms with Crippen molar-refractivity contribution in [2.45, 2.75) is 19.4 Å². The number of aliphatic hydroxyl groups excluding tert-OH is 1. The molecule has 1 saturated carbocycles. The zero-order valence-electron chi connectivity index (χ0n) is 9.60. The minimum atomic E-state index is 0.271. The molecule has 1 aromatic rings. The summed E-state index contributed by atoms with van der Waals surface area (Å²) >= 11 is 0. The molecular weight excluding hydrogens is 198 g/mol. The molecule has 1 heterocycles. The number of rotatable bonds is 3. The molecule has 1 saturated heterocycles. The second-order valence-corrected chi connectivity index (χ2v) is 5.41. The Morgan fingerprint density at radius 2 is 2.12 bits per heavy atom. The predicted molar refractivity (Wildman–Crippen MR) is 64.0 cm³/mol. The molecule has 0 amide bonds. The van der Waals surface area contributed by atoms with Crippen LogP contribution in [0.2, 0.25) is 0 Å². The van der Waals surface area contributed by atoms with E-state index >= 15 is 0 Å². The van der Waals surface area contributed by atoms with E-state index in [4.69, 9.17) is 0 Å². The van der Waals surface area contributed by atoms with Crippen LogP contribution in [0.15, 0.2) is 30.3 Å². The molecule has 86 valence electrons. The standard InChI is InChI=1S/C14H19NO/c16-11-14-8-13(14)6-7-15(10-14)9-12-4-2-1-3-5-12/h1-5,13,16H,6-11H2/t13-,14-/m1/s1. The second-order valence-electron chi connectivity index (χ2n) is 5.41. The number of aliphatic hydroxyl groups is 1. The van der Waals surface area contributed by atoms with Crippen LogP contribution in [0.5, 0.6) is 0 Å². The van der Waals surface area contributed by atoms with Crippen molar-refractivity contribution in [3.05, 3.63) is 35.9 Å². The summed E-state index contributed by atoms with van der Waals surface area (Å²) in [5, 5.41) is 9.45. The van der Waals surface area contributed by atoms with Gasteiger partial charge in [0.2, 0.25) is 0 Å². The zero-order chi connectivity index (χ0) is 11.0. The molecule has 2 atom stereocenters. The van der Waals surface area contributed by atoms with E-state index in [9.17, 15) is 5.11 Å². The Bertz CT molecular complexity index is 364. The minimum Gasteiger partial charge on any atom is -0.396 e. The third-order valence-corrected chi connectivity index (χ3v) is 4.26. The molecule has 1 aliphatic heterocycles. The summed E-state index contributed by atoms with van der Waals surface area (Å²) in [5.41, 5.74) is 1.65. The molecule has 3 rings (SSSR count). The molecule has 0 aromatic heterocycles. The fourth-order valence-corrected chi connectivity index (χ4v) is 3.12. The van der Waals surface area contributed by atoms with Gasteiger partial charge in [0.1, 0.15) is 0 Å². The lowest BCUT2D eigenvalue weighted by Gasteiger charge is -2.31. The van der Waals surface area contributed by atoms with Crippen molar-refractivity contribution in [3.8, 4) is 0 Å². The van der Waals surface area contributed by atoms with E-state index in [1.807, 2.05) is 0 Å². The number of fused-ring (bicyclic) bond motifs is 1. The number of nitrogens with zero attached hydrogens (tertiary/aromatic N) is 1. The van der Waals surface area contributed by atoms with Gasteiger partial charge >= 0.3 is 0 Å². The highest BCUT2D eigenvalue weighted by Crippen LogP contribution is 2.56. The molecule has 0 bridgehead atoms. The molecule has 0 spiro atoms. The molecular formula is C14H19NO. The van der Waals surface area contributed by atoms with Crippen molar-refractivity contribution in [1.82, 2.24) is 4.90 Å². The lowest BCUT2D eigenvalue weighted by Crippen LogP contribution is -2.37. The van der Waals surface area contributed by atoms with E-state index in [-0.39, 0.29) is 5.41 Å². The van der Waals surface area contributed by atoms with Gasteiger partial charge in [0.15, 0.2) is 0 Å². The molecule has 1 N–H and O–H groups in total. The average molecular weight is 217 g/mol. The fraction of sp³-hybridized carbons (Fsp3) is 0.571. The van der Waals surface area contributed by atoms with Crippen LogP contribution in [0.1, 0.15) is 18.4 Å². The lowest BCUT2D eigenvalue weighted by atomic mass is 9.98. The molecule has 0 unspecified atom stereocenters. The Morgan fingerprint density at radius 3 is 2.88 bits per heavy atom. The smallest absolute Gasteiger partial charge is 0.0502 e. The van der Waals surface area contributed by atoms with Gasteiger partial charge in [0.05, 0.1) is 6.61 Å². The predicted octanol–water partition coefficient (Wildman–Crippen LogP) is 1.89. The summed E-state index contributed by atoms with van der Waals surface area (Å²) in [6.45, 7) is 3.70. The highest BCUT2D eigenvalue weighted by Gasteiger charge is 2.55. The van der Waals surface area contributed by atoms with Gasteiger partial charge < -0.3 is 5.11 Å². The summed E-state index contributed by atoms with van der Waals surface area (Å²) in [7, 11) is 0. The first-order valence-corrected chi connectivity index (χ1v) is 6.19. The third-order valence-electron chi connectivity index (χ3n) is 4.26. The number of hydrogen-bond acceptors (Lipinski definition) is 2. The van der Waals surface area contributed by atoms with E-state index in [2.05, 4.69) is 35.2 Å². The first-order valence-electron chi connectivity index (χ1n) is 6.19. The van der Waals surface area contributed by atoms with Crippen molar-refractivity contribution in [2.75, 3.05) is 19.7 Å². The lowest BCUT2D eigenvalue weighted by molar-refractivity contribution is 0.102. The van der Waals surface area contributed by atoms with Crippen molar-refractivity contribution in [2.24, 2.45) is 11.3 Å². The van der Waals surface area contributed by atoms with Crippen LogP contribution in [0.3, 0.4) is 0 Å². The first-order chi connectivity index (χ1) is 7.82. The average Bonchev–Trinajstić information content (AvgIpc) is 3.05. The van der Waals surface area contributed by atoms with Crippen molar-refractivity contribution >= 4 is 0 Å². The number of likely N-dealkylation sites (tertiary alicyclic amines) is 1. The van der Waals surface area contributed by atoms with Gasteiger partial charge in [-0.05, 0) is 30.9 Å². The summed E-state index contributed by atoms with van der Waals surface area (Å²) in [4.78, 5) is 2.50. The van der Waals surface area contributed by atoms with E-state index in [1.165, 1.54) is 24.9 Å². The largest absolute Gasteiger partial charge is 0.396 e. The van der Waals surface area contributed by atoms with Crippen LogP contribution in [-0.2, 0) is 6.54 Å². The number of benzene rings is 1. The maximum Gasteiger partial charge on any atom is 0.0502 e. The van der Waals surface area contributed by atoms with Gasteiger partial charge in [-0.25, -0.2) is 0 Å². The summed E-state index contributed by atoms with van der Waals surface area (Å²) < 4.78 is 0. The Hall–Kier alpha value is -0.860. The molecule has 0 radical (unpaired) electrons. The first kappa shape index (κ1) is 10.3. The van der Waals surface area contributed by atoms with E-state index in [0.29, 0.717) is 6.61 Å². The highest BCUT2D eigenvalue weighted by molar-refractivity contribution is 5.15. The van der Waals surface area contributed by atoms with Crippen LogP contribution in [0.4, 0.5) is 0 Å². The monoisotopic (exact) mass is 217 g/mol. The van der Waals surface area contributed by atoms with Crippen LogP contribution < -0.4 is 0 Å². The van der Waals surface area contributed by atoms with Crippen molar-refractivity contribution in [3.63, 3.8) is 0 Å². The Kier molecular flexibility index (Phi) is 2.49. The van der Waals surface area contributed by atoms with Gasteiger partial charge in [0, 0.05) is 18.5 Å². The van der Waals surface area contributed by atoms with Crippen LogP contribution in [-0.4, -0.2) is 29.7 Å². The van der Waals surface area contributed by atoms with Crippen LogP contribution in [0.25, 0.3) is 0 Å². The van der Waals surface area contributed by atoms with Crippen molar-refractivity contribution < 1.29 is 5.11 Å². The van der Waals surface area contributed by atoms with Gasteiger partial charge in [-0.1, -0.05) is 30.3 Å². The summed E-state index contributed by atoms with van der Waals surface area (Å²) in [6.07, 6.45) is 2.52. The molecule has 2 heteroatoms. The SMILES string of the molecule is OC[C@]12C[C@H]1CCN(Cc1ccccc1)C2. The quantitative estimate of drug-likeness (QED) is 0.835. The second kappa shape index (κ2) is 3.86. The number of hydrogen-bond donors (Lipinski definition) is 1. The molecule has 2 fully saturated rings. The Balaban J connectivity index is 1.64. The van der Waals surface area contributed by atoms with E-state index < -0.39 is 0 Å². The van der Waals surface area contributed by atoms with Gasteiger partial charge in [-0.15, -0.1) is 0 Å². The molecule has 2 aliphatic rings. The summed E-state index contributed by atoms with van der Waals surface area (Å²) in [5.74, 6) is 0.810. The minimum absolute atomic E-state index is 0.271. The molecule has 16 heavy (non-hydrogen) atoms. The topological polar surface area (TPSA) is 23.5 Å². The maximum atomic E-state index is 9.45. The maximum absolute atomic E-state index is 9.45. The Labute approximate surface area is 96.9 Å². The normalized spacial score (nSPS) is 33.4. The van der Waals surface area contributed by atoms with Crippen molar-refractivity contribution in [1.29, 1.82) is 0 Å². The van der Waals surface area contributed by atoms with Crippen LogP contribution >= 0.6 is 0 Å². The van der Waals surface area contributed by atoms with Gasteiger partial charge in [-0.2, -0.15) is 0 Å². The zero-order valence-corrected chi connectivity index (χ0v) is 9.60. The third kappa shape index (κ3) is 1.76. The van der Waals surface area contributed by atoms with Crippen LogP contribution in [0, 0.1) is 11.3 Å². The van der Waals surface area contributed by atoms with E-state index in [0.717, 1.165) is 19.0 Å². The highest BCUT2D eigenvalue weighted by atomic mass is 16.3. The fourth-order valence-electron chi connectivity index (χ4n) is 3.12. The van der Waals surface area contributed by atoms with Gasteiger partial charge in [0.25, 0.3) is 0 Å². The summed E-state index contributed by atoms with van der Waals surface area (Å²) in [6, 6.07) is 10.6. The Morgan fingerprint density at radius 1 is 1.31 bits per heavy atom. The van der Waals surface area contributed by atoms with Gasteiger partial charge in [-0.3, -0.25) is 4.90 Å². The molecule has 1 aliphatic carbocycles. The molecule has 1 aromatic carbocycles. The van der Waals surface area contributed by atoms with E-state index in [1.54, 1.807) is 0 Å². The molecule has 2 nitrogen and oxygen atoms in total.